The molecule has 1 heterocycles. The first-order valence-corrected chi connectivity index (χ1v) is 5.69. The molecule has 0 saturated heterocycles. The van der Waals surface area contributed by atoms with Crippen LogP contribution in [0.5, 0.6) is 5.75 Å². The highest BCUT2D eigenvalue weighted by Gasteiger charge is 2.02. The fraction of sp³-hybridized carbons (Fsp3) is 0.214. The van der Waals surface area contributed by atoms with Crippen LogP contribution in [-0.4, -0.2) is 11.7 Å². The van der Waals surface area contributed by atoms with Gasteiger partial charge in [0, 0.05) is 18.0 Å². The molecule has 2 rings (SSSR count). The van der Waals surface area contributed by atoms with Crippen LogP contribution in [-0.2, 0) is 6.54 Å². The van der Waals surface area contributed by atoms with E-state index in [-0.39, 0.29) is 5.56 Å². The fourth-order valence-corrected chi connectivity index (χ4v) is 1.89. The zero-order valence-corrected chi connectivity index (χ0v) is 10.5. The summed E-state index contributed by atoms with van der Waals surface area (Å²) in [7, 11) is 1.65. The van der Waals surface area contributed by atoms with E-state index in [4.69, 9.17) is 10.5 Å². The minimum Gasteiger partial charge on any atom is -0.496 e. The van der Waals surface area contributed by atoms with E-state index in [1.54, 1.807) is 23.9 Å². The van der Waals surface area contributed by atoms with E-state index in [9.17, 15) is 4.79 Å². The second kappa shape index (κ2) is 4.96. The number of nitrogen functional groups attached to an aromatic ring is 1. The summed E-state index contributed by atoms with van der Waals surface area (Å²) >= 11 is 0. The molecule has 0 bridgehead atoms. The first kappa shape index (κ1) is 12.2. The summed E-state index contributed by atoms with van der Waals surface area (Å²) in [6.45, 7) is 2.51. The maximum atomic E-state index is 11.7. The quantitative estimate of drug-likeness (QED) is 0.895. The highest BCUT2D eigenvalue weighted by molar-refractivity contribution is 5.37. The van der Waals surface area contributed by atoms with Crippen molar-refractivity contribution in [1.29, 1.82) is 0 Å². The van der Waals surface area contributed by atoms with Crippen LogP contribution in [0.2, 0.25) is 0 Å². The topological polar surface area (TPSA) is 57.2 Å². The molecule has 4 nitrogen and oxygen atoms in total. The molecule has 4 heteroatoms. The van der Waals surface area contributed by atoms with Crippen LogP contribution in [0.15, 0.2) is 41.3 Å². The van der Waals surface area contributed by atoms with Crippen LogP contribution in [0.4, 0.5) is 5.69 Å². The Kier molecular flexibility index (Phi) is 3.37. The third-order valence-corrected chi connectivity index (χ3v) is 2.83. The molecule has 1 aromatic heterocycles. The van der Waals surface area contributed by atoms with E-state index < -0.39 is 0 Å². The lowest BCUT2D eigenvalue weighted by Crippen LogP contribution is -2.19. The second-order valence-electron chi connectivity index (χ2n) is 4.23. The van der Waals surface area contributed by atoms with Gasteiger partial charge in [-0.25, -0.2) is 0 Å². The number of ether oxygens (including phenoxy) is 1. The zero-order chi connectivity index (χ0) is 13.1. The van der Waals surface area contributed by atoms with E-state index in [0.29, 0.717) is 12.2 Å². The lowest BCUT2D eigenvalue weighted by atomic mass is 10.1. The molecule has 0 aliphatic rings. The molecule has 0 radical (unpaired) electrons. The van der Waals surface area contributed by atoms with E-state index in [2.05, 4.69) is 0 Å². The van der Waals surface area contributed by atoms with E-state index in [0.717, 1.165) is 16.9 Å². The van der Waals surface area contributed by atoms with Gasteiger partial charge in [0.15, 0.2) is 0 Å². The predicted molar refractivity (Wildman–Crippen MR) is 71.9 cm³/mol. The lowest BCUT2D eigenvalue weighted by molar-refractivity contribution is 0.411. The van der Waals surface area contributed by atoms with Gasteiger partial charge in [-0.05, 0) is 30.2 Å². The number of nitrogens with zero attached hydrogens (tertiary/aromatic N) is 1. The predicted octanol–water partition coefficient (Wildman–Crippen LogP) is 1.80. The molecule has 0 saturated carbocycles. The highest BCUT2D eigenvalue weighted by atomic mass is 16.5. The van der Waals surface area contributed by atoms with Crippen molar-refractivity contribution < 1.29 is 4.74 Å². The average molecular weight is 244 g/mol. The molecule has 0 fully saturated rings. The van der Waals surface area contributed by atoms with Gasteiger partial charge in [-0.2, -0.15) is 0 Å². The van der Waals surface area contributed by atoms with Crippen molar-refractivity contribution in [2.45, 2.75) is 13.5 Å². The molecule has 2 aromatic rings. The first-order valence-electron chi connectivity index (χ1n) is 5.69. The Labute approximate surface area is 106 Å². The number of nitrogens with two attached hydrogens (primary N) is 1. The number of aryl methyl sites for hydroxylation is 1. The van der Waals surface area contributed by atoms with Crippen molar-refractivity contribution in [3.05, 3.63) is 58.0 Å². The molecular formula is C14H16N2O2. The van der Waals surface area contributed by atoms with Crippen molar-refractivity contribution in [3.8, 4) is 5.75 Å². The number of pyridine rings is 1. The average Bonchev–Trinajstić information content (AvgIpc) is 2.33. The highest BCUT2D eigenvalue weighted by Crippen LogP contribution is 2.18. The minimum atomic E-state index is -0.0940. The Bertz CT molecular complexity index is 617. The normalized spacial score (nSPS) is 10.3. The minimum absolute atomic E-state index is 0.0940. The zero-order valence-electron chi connectivity index (χ0n) is 10.5. The van der Waals surface area contributed by atoms with Crippen LogP contribution in [0.3, 0.4) is 0 Å². The molecule has 0 unspecified atom stereocenters. The van der Waals surface area contributed by atoms with Crippen LogP contribution in [0.25, 0.3) is 0 Å². The number of hydrogen-bond donors (Lipinski definition) is 1. The molecule has 0 amide bonds. The smallest absolute Gasteiger partial charge is 0.252 e. The van der Waals surface area contributed by atoms with Crippen LogP contribution in [0, 0.1) is 6.92 Å². The van der Waals surface area contributed by atoms with Crippen molar-refractivity contribution in [2.75, 3.05) is 12.8 Å². The van der Waals surface area contributed by atoms with Gasteiger partial charge in [-0.15, -0.1) is 0 Å². The van der Waals surface area contributed by atoms with Crippen molar-refractivity contribution in [3.63, 3.8) is 0 Å². The third kappa shape index (κ3) is 2.53. The summed E-state index contributed by atoms with van der Waals surface area (Å²) in [4.78, 5) is 11.7. The molecule has 2 N–H and O–H groups in total. The molecular weight excluding hydrogens is 228 g/mol. The van der Waals surface area contributed by atoms with Gasteiger partial charge in [0.2, 0.25) is 0 Å². The molecule has 0 spiro atoms. The van der Waals surface area contributed by atoms with Gasteiger partial charge in [0.25, 0.3) is 5.56 Å². The molecule has 0 aliphatic carbocycles. The molecule has 1 aromatic carbocycles. The van der Waals surface area contributed by atoms with E-state index >= 15 is 0 Å². The van der Waals surface area contributed by atoms with Crippen LogP contribution < -0.4 is 16.0 Å². The van der Waals surface area contributed by atoms with Crippen LogP contribution >= 0.6 is 0 Å². The van der Waals surface area contributed by atoms with E-state index in [1.807, 2.05) is 25.1 Å². The Balaban J connectivity index is 2.29. The summed E-state index contributed by atoms with van der Waals surface area (Å²) in [5.41, 5.74) is 8.06. The van der Waals surface area contributed by atoms with Gasteiger partial charge >= 0.3 is 0 Å². The maximum Gasteiger partial charge on any atom is 0.252 e. The molecule has 94 valence electrons. The number of methoxy groups -OCH3 is 1. The summed E-state index contributed by atoms with van der Waals surface area (Å²) in [5.74, 6) is 0.850. The van der Waals surface area contributed by atoms with Gasteiger partial charge in [-0.3, -0.25) is 4.79 Å². The van der Waals surface area contributed by atoms with Gasteiger partial charge in [0.05, 0.1) is 13.7 Å². The summed E-state index contributed by atoms with van der Waals surface area (Å²) in [6, 6.07) is 9.03. The summed E-state index contributed by atoms with van der Waals surface area (Å²) < 4.78 is 6.83. The number of rotatable bonds is 3. The molecule has 0 atom stereocenters. The Morgan fingerprint density at radius 1 is 1.28 bits per heavy atom. The third-order valence-electron chi connectivity index (χ3n) is 2.83. The van der Waals surface area contributed by atoms with Crippen molar-refractivity contribution in [1.82, 2.24) is 4.57 Å². The SMILES string of the molecule is COc1ccc(Cn2ccc(N)cc2=O)cc1C. The fourth-order valence-electron chi connectivity index (χ4n) is 1.89. The Morgan fingerprint density at radius 3 is 2.67 bits per heavy atom. The Hall–Kier alpha value is -2.23. The Morgan fingerprint density at radius 2 is 2.06 bits per heavy atom. The van der Waals surface area contributed by atoms with E-state index in [1.165, 1.54) is 6.07 Å². The lowest BCUT2D eigenvalue weighted by Gasteiger charge is -2.09. The largest absolute Gasteiger partial charge is 0.496 e. The molecule has 18 heavy (non-hydrogen) atoms. The number of aromatic nitrogens is 1. The second-order valence-corrected chi connectivity index (χ2v) is 4.23. The van der Waals surface area contributed by atoms with Gasteiger partial charge in [-0.1, -0.05) is 12.1 Å². The standard InChI is InChI=1S/C14H16N2O2/c1-10-7-11(3-4-13(10)18-2)9-16-6-5-12(15)8-14(16)17/h3-8H,9,15H2,1-2H3. The number of hydrogen-bond acceptors (Lipinski definition) is 3. The summed E-state index contributed by atoms with van der Waals surface area (Å²) in [6.07, 6.45) is 1.71. The monoisotopic (exact) mass is 244 g/mol. The molecule has 0 aliphatic heterocycles. The van der Waals surface area contributed by atoms with Crippen LogP contribution in [0.1, 0.15) is 11.1 Å². The van der Waals surface area contributed by atoms with Crippen molar-refractivity contribution >= 4 is 5.69 Å². The van der Waals surface area contributed by atoms with Crippen molar-refractivity contribution in [2.24, 2.45) is 0 Å². The first-order chi connectivity index (χ1) is 8.60. The number of benzene rings is 1. The van der Waals surface area contributed by atoms with Gasteiger partial charge < -0.3 is 15.0 Å². The number of anilines is 1. The van der Waals surface area contributed by atoms with Gasteiger partial charge in [0.1, 0.15) is 5.75 Å². The maximum absolute atomic E-state index is 11.7. The summed E-state index contributed by atoms with van der Waals surface area (Å²) in [5, 5.41) is 0.